The maximum absolute atomic E-state index is 14.4. The first-order valence-electron chi connectivity index (χ1n) is 10.6. The van der Waals surface area contributed by atoms with Gasteiger partial charge in [0, 0.05) is 12.0 Å². The Labute approximate surface area is 182 Å². The molecule has 0 aliphatic heterocycles. The molecule has 0 aromatic heterocycles. The molecule has 2 aromatic carbocycles. The van der Waals surface area contributed by atoms with Crippen molar-refractivity contribution in [1.82, 2.24) is 5.32 Å². The van der Waals surface area contributed by atoms with Crippen molar-refractivity contribution in [2.45, 2.75) is 57.0 Å². The third-order valence-corrected chi connectivity index (χ3v) is 6.18. The number of nitrogens with two attached hydrogens (primary N) is 1. The average Bonchev–Trinajstić information content (AvgIpc) is 3.02. The Kier molecular flexibility index (Phi) is 7.89. The van der Waals surface area contributed by atoms with Crippen LogP contribution >= 0.6 is 12.6 Å². The molecule has 2 aliphatic carbocycles. The minimum atomic E-state index is -0.580. The predicted octanol–water partition coefficient (Wildman–Crippen LogP) is 5.19. The van der Waals surface area contributed by atoms with Crippen molar-refractivity contribution in [3.63, 3.8) is 0 Å². The first-order valence-corrected chi connectivity index (χ1v) is 11.5. The second-order valence-electron chi connectivity index (χ2n) is 8.04. The zero-order valence-corrected chi connectivity index (χ0v) is 18.2. The molecule has 0 heterocycles. The molecule has 3 nitrogen and oxygen atoms in total. The van der Waals surface area contributed by atoms with Gasteiger partial charge in [-0.25, -0.2) is 8.78 Å². The third-order valence-electron chi connectivity index (χ3n) is 6.18. The monoisotopic (exact) mass is 432 g/mol. The van der Waals surface area contributed by atoms with Gasteiger partial charge in [-0.15, -0.1) is 0 Å². The SMILES string of the molecule is CS.NC1CCCC(C(=O)NC2CCc3cccc(-c4c(F)cccc4F)c32)CC1. The Balaban J connectivity index is 0.00000124. The topological polar surface area (TPSA) is 55.1 Å². The minimum absolute atomic E-state index is 0.0130. The van der Waals surface area contributed by atoms with E-state index in [0.29, 0.717) is 5.56 Å². The number of carbonyl (C=O) groups is 1. The molecule has 30 heavy (non-hydrogen) atoms. The molecule has 3 unspecified atom stereocenters. The van der Waals surface area contributed by atoms with Crippen LogP contribution in [-0.2, 0) is 11.2 Å². The lowest BCUT2D eigenvalue weighted by atomic mass is 9.93. The van der Waals surface area contributed by atoms with E-state index in [1.54, 1.807) is 12.3 Å². The zero-order valence-electron chi connectivity index (χ0n) is 17.3. The van der Waals surface area contributed by atoms with Crippen LogP contribution in [0.25, 0.3) is 11.1 Å². The lowest BCUT2D eigenvalue weighted by Gasteiger charge is -2.22. The number of halogens is 2. The molecule has 4 rings (SSSR count). The summed E-state index contributed by atoms with van der Waals surface area (Å²) in [4.78, 5) is 12.9. The fourth-order valence-electron chi connectivity index (χ4n) is 4.69. The maximum Gasteiger partial charge on any atom is 0.223 e. The molecule has 6 heteroatoms. The van der Waals surface area contributed by atoms with E-state index in [4.69, 9.17) is 5.73 Å². The van der Waals surface area contributed by atoms with Gasteiger partial charge in [0.1, 0.15) is 11.6 Å². The average molecular weight is 433 g/mol. The maximum atomic E-state index is 14.4. The lowest BCUT2D eigenvalue weighted by Crippen LogP contribution is -2.33. The van der Waals surface area contributed by atoms with Crippen LogP contribution in [0.2, 0.25) is 0 Å². The summed E-state index contributed by atoms with van der Waals surface area (Å²) >= 11 is 3.53. The standard InChI is InChI=1S/C23H26F2N2O.CH4S/c24-18-8-3-9-19(25)22(18)17-7-2-4-14-11-13-20(21(14)17)27-23(28)15-5-1-6-16(26)12-10-15;1-2/h2-4,7-9,15-16,20H,1,5-6,10-13,26H2,(H,27,28);2H,1H3. The number of amides is 1. The van der Waals surface area contributed by atoms with E-state index in [1.807, 2.05) is 12.1 Å². The van der Waals surface area contributed by atoms with Crippen LogP contribution in [-0.4, -0.2) is 18.2 Å². The minimum Gasteiger partial charge on any atom is -0.349 e. The van der Waals surface area contributed by atoms with Crippen molar-refractivity contribution in [1.29, 1.82) is 0 Å². The van der Waals surface area contributed by atoms with Crippen molar-refractivity contribution in [3.05, 3.63) is 59.2 Å². The van der Waals surface area contributed by atoms with Gasteiger partial charge in [-0.3, -0.25) is 4.79 Å². The number of benzene rings is 2. The first-order chi connectivity index (χ1) is 14.5. The van der Waals surface area contributed by atoms with Gasteiger partial charge in [-0.2, -0.15) is 12.6 Å². The van der Waals surface area contributed by atoms with Crippen LogP contribution in [0.4, 0.5) is 8.78 Å². The number of hydrogen-bond acceptors (Lipinski definition) is 3. The van der Waals surface area contributed by atoms with Crippen molar-refractivity contribution in [2.24, 2.45) is 11.7 Å². The van der Waals surface area contributed by atoms with Crippen LogP contribution in [0.1, 0.15) is 55.7 Å². The van der Waals surface area contributed by atoms with Crippen molar-refractivity contribution in [3.8, 4) is 11.1 Å². The van der Waals surface area contributed by atoms with Crippen LogP contribution in [0, 0.1) is 17.6 Å². The van der Waals surface area contributed by atoms with Crippen LogP contribution < -0.4 is 11.1 Å². The summed E-state index contributed by atoms with van der Waals surface area (Å²) in [5.74, 6) is -1.16. The van der Waals surface area contributed by atoms with Gasteiger partial charge in [-0.05, 0) is 73.6 Å². The van der Waals surface area contributed by atoms with E-state index in [-0.39, 0.29) is 29.5 Å². The van der Waals surface area contributed by atoms with E-state index in [0.717, 1.165) is 56.1 Å². The van der Waals surface area contributed by atoms with Gasteiger partial charge in [0.2, 0.25) is 5.91 Å². The van der Waals surface area contributed by atoms with Gasteiger partial charge >= 0.3 is 0 Å². The number of nitrogens with one attached hydrogen (secondary N) is 1. The van der Waals surface area contributed by atoms with Crippen LogP contribution in [0.3, 0.4) is 0 Å². The second kappa shape index (κ2) is 10.4. The first kappa shape index (κ1) is 22.8. The lowest BCUT2D eigenvalue weighted by molar-refractivity contribution is -0.126. The molecule has 0 saturated heterocycles. The number of fused-ring (bicyclic) bond motifs is 1. The number of carbonyl (C=O) groups excluding carboxylic acids is 1. The Bertz CT molecular complexity index is 869. The molecule has 3 N–H and O–H groups in total. The second-order valence-corrected chi connectivity index (χ2v) is 8.04. The highest BCUT2D eigenvalue weighted by molar-refractivity contribution is 7.79. The molecule has 1 fully saturated rings. The molecule has 0 radical (unpaired) electrons. The summed E-state index contributed by atoms with van der Waals surface area (Å²) in [5.41, 5.74) is 8.46. The summed E-state index contributed by atoms with van der Waals surface area (Å²) in [5, 5.41) is 3.17. The molecule has 1 amide bonds. The van der Waals surface area contributed by atoms with Crippen molar-refractivity contribution in [2.75, 3.05) is 6.26 Å². The van der Waals surface area contributed by atoms with E-state index < -0.39 is 11.6 Å². The summed E-state index contributed by atoms with van der Waals surface area (Å²) in [6.07, 6.45) is 7.68. The van der Waals surface area contributed by atoms with Crippen molar-refractivity contribution < 1.29 is 13.6 Å². The fraction of sp³-hybridized carbons (Fsp3) is 0.458. The molecule has 0 spiro atoms. The smallest absolute Gasteiger partial charge is 0.223 e. The van der Waals surface area contributed by atoms with Crippen LogP contribution in [0.5, 0.6) is 0 Å². The molecular weight excluding hydrogens is 402 g/mol. The van der Waals surface area contributed by atoms with E-state index in [1.165, 1.54) is 18.2 Å². The Morgan fingerprint density at radius 2 is 1.70 bits per heavy atom. The number of rotatable bonds is 3. The Morgan fingerprint density at radius 3 is 2.43 bits per heavy atom. The highest BCUT2D eigenvalue weighted by atomic mass is 32.1. The summed E-state index contributed by atoms with van der Waals surface area (Å²) < 4.78 is 28.9. The number of thiol groups is 1. The quantitative estimate of drug-likeness (QED) is 0.462. The highest BCUT2D eigenvalue weighted by Crippen LogP contribution is 2.40. The van der Waals surface area contributed by atoms with Gasteiger partial charge in [0.15, 0.2) is 0 Å². The third kappa shape index (κ3) is 4.86. The molecule has 3 atom stereocenters. The number of hydrogen-bond donors (Lipinski definition) is 3. The Morgan fingerprint density at radius 1 is 1.00 bits per heavy atom. The molecular formula is C24H30F2N2OS. The molecule has 2 aromatic rings. The molecule has 2 aliphatic rings. The zero-order chi connectivity index (χ0) is 21.7. The van der Waals surface area contributed by atoms with Gasteiger partial charge < -0.3 is 11.1 Å². The van der Waals surface area contributed by atoms with Gasteiger partial charge in [-0.1, -0.05) is 30.7 Å². The number of aryl methyl sites for hydroxylation is 1. The largest absolute Gasteiger partial charge is 0.349 e. The van der Waals surface area contributed by atoms with Gasteiger partial charge in [0.05, 0.1) is 11.6 Å². The summed E-state index contributed by atoms with van der Waals surface area (Å²) in [6.45, 7) is 0. The molecule has 1 saturated carbocycles. The fourth-order valence-corrected chi connectivity index (χ4v) is 4.69. The van der Waals surface area contributed by atoms with Crippen molar-refractivity contribution >= 4 is 18.5 Å². The van der Waals surface area contributed by atoms with E-state index in [2.05, 4.69) is 17.9 Å². The normalized spacial score (nSPS) is 23.0. The molecule has 0 bridgehead atoms. The van der Waals surface area contributed by atoms with Crippen LogP contribution in [0.15, 0.2) is 36.4 Å². The highest BCUT2D eigenvalue weighted by Gasteiger charge is 2.31. The van der Waals surface area contributed by atoms with E-state index >= 15 is 0 Å². The summed E-state index contributed by atoms with van der Waals surface area (Å²) in [7, 11) is 0. The predicted molar refractivity (Wildman–Crippen MR) is 120 cm³/mol. The summed E-state index contributed by atoms with van der Waals surface area (Å²) in [6, 6.07) is 9.44. The van der Waals surface area contributed by atoms with E-state index in [9.17, 15) is 13.6 Å². The van der Waals surface area contributed by atoms with Gasteiger partial charge in [0.25, 0.3) is 0 Å². The Hall–Kier alpha value is -1.92. The molecule has 162 valence electrons.